The summed E-state index contributed by atoms with van der Waals surface area (Å²) in [7, 11) is 0. The molecule has 0 aliphatic heterocycles. The number of carbonyl (C=O) groups is 2. The molecule has 6 nitrogen and oxygen atoms in total. The van der Waals surface area contributed by atoms with Gasteiger partial charge in [-0.25, -0.2) is 0 Å². The predicted molar refractivity (Wildman–Crippen MR) is 259 cm³/mol. The summed E-state index contributed by atoms with van der Waals surface area (Å²) >= 11 is 0. The van der Waals surface area contributed by atoms with Crippen molar-refractivity contribution in [2.45, 2.75) is 277 Å². The molecular weight excluding hydrogens is 743 g/mol. The van der Waals surface area contributed by atoms with Crippen LogP contribution >= 0.6 is 0 Å². The first kappa shape index (κ1) is 57.8. The lowest BCUT2D eigenvalue weighted by Gasteiger charge is -2.24. The Labute approximate surface area is 372 Å². The first-order valence-electron chi connectivity index (χ1n) is 25.9. The number of hydrogen-bond donors (Lipinski definition) is 3. The maximum atomic E-state index is 13.2. The summed E-state index contributed by atoms with van der Waals surface area (Å²) in [5, 5.41) is 23.8. The molecule has 350 valence electrons. The Balaban J connectivity index is 4.58. The van der Waals surface area contributed by atoms with E-state index in [0.717, 1.165) is 96.3 Å². The molecule has 0 saturated heterocycles. The van der Waals surface area contributed by atoms with Crippen LogP contribution in [-0.4, -0.2) is 46.9 Å². The van der Waals surface area contributed by atoms with Gasteiger partial charge in [0.2, 0.25) is 5.91 Å². The molecule has 60 heavy (non-hydrogen) atoms. The van der Waals surface area contributed by atoms with Crippen molar-refractivity contribution in [1.82, 2.24) is 5.32 Å². The molecule has 0 aromatic heterocycles. The SMILES string of the molecule is CC/C=C/C=C/C=C/CCCCCCCC(CC(=O)NC(CO)C(O)CCCCCCCCCCCCCCCCC)OC(=O)CCCCC/C=C\CCCCCCCC. The first-order valence-corrected chi connectivity index (χ1v) is 25.9. The van der Waals surface area contributed by atoms with Crippen LogP contribution in [0.2, 0.25) is 0 Å². The number of aliphatic hydroxyl groups is 2. The molecular formula is C54H99NO5. The number of carbonyl (C=O) groups excluding carboxylic acids is 2. The number of aliphatic hydroxyl groups excluding tert-OH is 2. The van der Waals surface area contributed by atoms with E-state index in [2.05, 4.69) is 74.7 Å². The highest BCUT2D eigenvalue weighted by molar-refractivity contribution is 5.77. The zero-order chi connectivity index (χ0) is 43.8. The Bertz CT molecular complexity index is 1040. The van der Waals surface area contributed by atoms with Crippen molar-refractivity contribution >= 4 is 11.9 Å². The van der Waals surface area contributed by atoms with Gasteiger partial charge in [-0.15, -0.1) is 0 Å². The van der Waals surface area contributed by atoms with Crippen LogP contribution in [0.4, 0.5) is 0 Å². The second-order valence-electron chi connectivity index (χ2n) is 17.6. The maximum absolute atomic E-state index is 13.2. The van der Waals surface area contributed by atoms with Crippen molar-refractivity contribution in [2.24, 2.45) is 0 Å². The van der Waals surface area contributed by atoms with Crippen molar-refractivity contribution in [2.75, 3.05) is 6.61 Å². The number of hydrogen-bond acceptors (Lipinski definition) is 5. The minimum absolute atomic E-state index is 0.0586. The Morgan fingerprint density at radius 1 is 0.500 bits per heavy atom. The Kier molecular flexibility index (Phi) is 46.1. The van der Waals surface area contributed by atoms with Crippen LogP contribution < -0.4 is 5.32 Å². The fourth-order valence-corrected chi connectivity index (χ4v) is 7.78. The fraction of sp³-hybridized carbons (Fsp3) is 0.815. The summed E-state index contributed by atoms with van der Waals surface area (Å²) in [5.74, 6) is -0.509. The minimum atomic E-state index is -0.795. The van der Waals surface area contributed by atoms with Gasteiger partial charge in [-0.05, 0) is 70.6 Å². The second kappa shape index (κ2) is 47.9. The van der Waals surface area contributed by atoms with Crippen LogP contribution in [0.25, 0.3) is 0 Å². The highest BCUT2D eigenvalue weighted by Gasteiger charge is 2.24. The van der Waals surface area contributed by atoms with E-state index in [-0.39, 0.29) is 24.9 Å². The quantitative estimate of drug-likeness (QED) is 0.0246. The topological polar surface area (TPSA) is 95.9 Å². The maximum Gasteiger partial charge on any atom is 0.306 e. The third-order valence-electron chi connectivity index (χ3n) is 11.7. The molecule has 3 atom stereocenters. The van der Waals surface area contributed by atoms with E-state index in [1.807, 2.05) is 0 Å². The largest absolute Gasteiger partial charge is 0.462 e. The molecule has 0 saturated carbocycles. The van der Waals surface area contributed by atoms with Crippen LogP contribution in [0.3, 0.4) is 0 Å². The van der Waals surface area contributed by atoms with Gasteiger partial charge in [0.25, 0.3) is 0 Å². The zero-order valence-corrected chi connectivity index (χ0v) is 39.8. The monoisotopic (exact) mass is 842 g/mol. The number of rotatable bonds is 46. The van der Waals surface area contributed by atoms with Crippen molar-refractivity contribution in [3.63, 3.8) is 0 Å². The standard InChI is InChI=1S/C54H99NO5/c1-4-7-10-13-16-19-22-25-26-29-31-34-37-40-43-46-52(57)51(49-56)55-53(58)48-50(45-42-39-36-33-30-27-23-20-17-14-11-8-5-2)60-54(59)47-44-41-38-35-32-28-24-21-18-15-12-9-6-3/h8,11,14,17,20,23,28,32,50-52,56-57H,4-7,9-10,12-13,15-16,18-19,21-22,24-27,29-31,33-49H2,1-3H3,(H,55,58)/b11-8+,17-14+,23-20+,32-28-. The van der Waals surface area contributed by atoms with E-state index < -0.39 is 18.2 Å². The highest BCUT2D eigenvalue weighted by atomic mass is 16.5. The molecule has 0 aliphatic carbocycles. The molecule has 3 unspecified atom stereocenters. The molecule has 0 heterocycles. The lowest BCUT2D eigenvalue weighted by molar-refractivity contribution is -0.151. The average molecular weight is 842 g/mol. The van der Waals surface area contributed by atoms with E-state index in [1.54, 1.807) is 0 Å². The molecule has 0 aromatic rings. The van der Waals surface area contributed by atoms with Gasteiger partial charge in [0.05, 0.1) is 25.2 Å². The molecule has 0 fully saturated rings. The third-order valence-corrected chi connectivity index (χ3v) is 11.7. The first-order chi connectivity index (χ1) is 29.5. The summed E-state index contributed by atoms with van der Waals surface area (Å²) in [4.78, 5) is 26.1. The molecule has 0 aromatic carbocycles. The number of unbranched alkanes of at least 4 members (excludes halogenated alkanes) is 28. The van der Waals surface area contributed by atoms with Crippen molar-refractivity contribution in [3.8, 4) is 0 Å². The summed E-state index contributed by atoms with van der Waals surface area (Å²) in [6.07, 6.45) is 57.4. The molecule has 3 N–H and O–H groups in total. The molecule has 0 rings (SSSR count). The lowest BCUT2D eigenvalue weighted by Crippen LogP contribution is -2.46. The smallest absolute Gasteiger partial charge is 0.306 e. The van der Waals surface area contributed by atoms with Gasteiger partial charge in [0, 0.05) is 6.42 Å². The van der Waals surface area contributed by atoms with Gasteiger partial charge < -0.3 is 20.3 Å². The lowest BCUT2D eigenvalue weighted by atomic mass is 10.0. The molecule has 6 heteroatoms. The Morgan fingerprint density at radius 3 is 1.40 bits per heavy atom. The molecule has 0 radical (unpaired) electrons. The number of ether oxygens (including phenoxy) is 1. The van der Waals surface area contributed by atoms with E-state index in [9.17, 15) is 19.8 Å². The summed E-state index contributed by atoms with van der Waals surface area (Å²) in [6, 6.07) is -0.710. The number of allylic oxidation sites excluding steroid dienone is 8. The average Bonchev–Trinajstić information content (AvgIpc) is 3.24. The van der Waals surface area contributed by atoms with Crippen LogP contribution in [0, 0.1) is 0 Å². The summed E-state index contributed by atoms with van der Waals surface area (Å²) in [6.45, 7) is 6.35. The van der Waals surface area contributed by atoms with Crippen molar-refractivity contribution in [1.29, 1.82) is 0 Å². The van der Waals surface area contributed by atoms with Crippen LogP contribution in [0.1, 0.15) is 258 Å². The van der Waals surface area contributed by atoms with Gasteiger partial charge in [0.1, 0.15) is 6.10 Å². The Morgan fingerprint density at radius 2 is 0.917 bits per heavy atom. The van der Waals surface area contributed by atoms with E-state index >= 15 is 0 Å². The molecule has 0 bridgehead atoms. The van der Waals surface area contributed by atoms with E-state index in [0.29, 0.717) is 19.3 Å². The van der Waals surface area contributed by atoms with Gasteiger partial charge in [-0.2, -0.15) is 0 Å². The van der Waals surface area contributed by atoms with Gasteiger partial charge in [-0.3, -0.25) is 9.59 Å². The third kappa shape index (κ3) is 42.5. The molecule has 1 amide bonds. The van der Waals surface area contributed by atoms with Gasteiger partial charge in [0.15, 0.2) is 0 Å². The summed E-state index contributed by atoms with van der Waals surface area (Å²) < 4.78 is 5.91. The molecule has 0 aliphatic rings. The number of nitrogens with one attached hydrogen (secondary N) is 1. The Hall–Kier alpha value is -2.18. The number of esters is 1. The van der Waals surface area contributed by atoms with Gasteiger partial charge in [-0.1, -0.05) is 223 Å². The predicted octanol–water partition coefficient (Wildman–Crippen LogP) is 15.5. The minimum Gasteiger partial charge on any atom is -0.462 e. The van der Waals surface area contributed by atoms with Crippen molar-refractivity contribution in [3.05, 3.63) is 48.6 Å². The normalized spacial score (nSPS) is 13.6. The van der Waals surface area contributed by atoms with Crippen molar-refractivity contribution < 1.29 is 24.5 Å². The zero-order valence-electron chi connectivity index (χ0n) is 39.8. The fourth-order valence-electron chi connectivity index (χ4n) is 7.78. The second-order valence-corrected chi connectivity index (χ2v) is 17.6. The highest BCUT2D eigenvalue weighted by Crippen LogP contribution is 2.18. The van der Waals surface area contributed by atoms with E-state index in [1.165, 1.54) is 116 Å². The van der Waals surface area contributed by atoms with E-state index in [4.69, 9.17) is 4.74 Å². The molecule has 0 spiro atoms. The van der Waals surface area contributed by atoms with Crippen LogP contribution in [-0.2, 0) is 14.3 Å². The number of amides is 1. The van der Waals surface area contributed by atoms with Gasteiger partial charge >= 0.3 is 5.97 Å². The van der Waals surface area contributed by atoms with Crippen LogP contribution in [0.5, 0.6) is 0 Å². The summed E-state index contributed by atoms with van der Waals surface area (Å²) in [5.41, 5.74) is 0. The van der Waals surface area contributed by atoms with Crippen LogP contribution in [0.15, 0.2) is 48.6 Å².